The minimum absolute atomic E-state index is 0.0730. The van der Waals surface area contributed by atoms with E-state index in [0.717, 1.165) is 37.2 Å². The first-order chi connectivity index (χ1) is 15.2. The van der Waals surface area contributed by atoms with Crippen molar-refractivity contribution in [3.05, 3.63) is 42.0 Å². The Balaban J connectivity index is 1.88. The monoisotopic (exact) mass is 456 g/mol. The number of hydrogen-bond acceptors (Lipinski definition) is 6. The molecule has 2 aromatic rings. The van der Waals surface area contributed by atoms with Crippen molar-refractivity contribution in [2.24, 2.45) is 0 Å². The molecule has 0 radical (unpaired) electrons. The molecule has 6 nitrogen and oxygen atoms in total. The topological polar surface area (TPSA) is 57.7 Å². The highest BCUT2D eigenvalue weighted by molar-refractivity contribution is 7.98. The molecule has 0 aliphatic carbocycles. The van der Waals surface area contributed by atoms with E-state index in [4.69, 9.17) is 9.72 Å². The van der Waals surface area contributed by atoms with Crippen molar-refractivity contribution in [2.75, 3.05) is 52.0 Å². The number of hydrogen-bond donors (Lipinski definition) is 1. The van der Waals surface area contributed by atoms with E-state index < -0.39 is 0 Å². The van der Waals surface area contributed by atoms with Gasteiger partial charge in [0.05, 0.1) is 16.9 Å². The summed E-state index contributed by atoms with van der Waals surface area (Å²) in [6.45, 7) is 6.46. The Morgan fingerprint density at radius 1 is 1.16 bits per heavy atom. The lowest BCUT2D eigenvalue weighted by Gasteiger charge is -2.36. The minimum Gasteiger partial charge on any atom is -0.375 e. The van der Waals surface area contributed by atoms with Crippen molar-refractivity contribution in [3.8, 4) is 11.3 Å². The van der Waals surface area contributed by atoms with Crippen molar-refractivity contribution >= 4 is 23.5 Å². The van der Waals surface area contributed by atoms with Crippen LogP contribution in [0, 0.1) is 0 Å². The molecule has 0 bridgehead atoms. The van der Waals surface area contributed by atoms with Crippen molar-refractivity contribution in [1.82, 2.24) is 15.2 Å². The van der Waals surface area contributed by atoms with E-state index in [1.807, 2.05) is 33.3 Å². The largest absolute Gasteiger partial charge is 0.375 e. The molecule has 174 valence electrons. The number of carbonyl (C=O) groups is 1. The number of nitrogens with zero attached hydrogens (tertiary/aromatic N) is 3. The molecular weight excluding hydrogens is 420 g/mol. The number of amides is 1. The Bertz CT molecular complexity index is 915. The van der Waals surface area contributed by atoms with E-state index in [2.05, 4.69) is 59.5 Å². The lowest BCUT2D eigenvalue weighted by molar-refractivity contribution is -0.0615. The first kappa shape index (κ1) is 24.6. The Morgan fingerprint density at radius 2 is 1.88 bits per heavy atom. The number of benzene rings is 1. The standard InChI is InChI=1S/C25H36N4O2S/c1-25(2)17-19(13-16-31-25)26-24(30)21-11-12-22(18-7-9-20(32-6)10-8-18)27-23(21)29(5)15-14-28(3)4/h7-12,19H,13-17H2,1-6H3,(H,26,30)/t19-/m1/s1. The van der Waals surface area contributed by atoms with E-state index in [1.165, 1.54) is 4.90 Å². The Labute approximate surface area is 196 Å². The summed E-state index contributed by atoms with van der Waals surface area (Å²) in [7, 11) is 6.10. The van der Waals surface area contributed by atoms with Crippen LogP contribution in [-0.4, -0.2) is 74.5 Å². The van der Waals surface area contributed by atoms with E-state index in [-0.39, 0.29) is 17.6 Å². The van der Waals surface area contributed by atoms with Crippen LogP contribution in [0.4, 0.5) is 5.82 Å². The van der Waals surface area contributed by atoms with E-state index in [1.54, 1.807) is 11.8 Å². The van der Waals surface area contributed by atoms with Gasteiger partial charge in [0.15, 0.2) is 0 Å². The smallest absolute Gasteiger partial charge is 0.255 e. The molecule has 32 heavy (non-hydrogen) atoms. The van der Waals surface area contributed by atoms with Gasteiger partial charge in [-0.3, -0.25) is 4.79 Å². The van der Waals surface area contributed by atoms with Crippen molar-refractivity contribution in [2.45, 2.75) is 43.2 Å². The lowest BCUT2D eigenvalue weighted by Crippen LogP contribution is -2.46. The maximum atomic E-state index is 13.3. The minimum atomic E-state index is -0.216. The van der Waals surface area contributed by atoms with Gasteiger partial charge in [0.2, 0.25) is 0 Å². The van der Waals surface area contributed by atoms with Crippen LogP contribution in [0.1, 0.15) is 37.0 Å². The van der Waals surface area contributed by atoms with Gasteiger partial charge in [0.1, 0.15) is 5.82 Å². The molecule has 0 spiro atoms. The number of likely N-dealkylation sites (N-methyl/N-ethyl adjacent to an activating group) is 2. The van der Waals surface area contributed by atoms with Gasteiger partial charge in [0, 0.05) is 43.2 Å². The summed E-state index contributed by atoms with van der Waals surface area (Å²) >= 11 is 1.72. The quantitative estimate of drug-likeness (QED) is 0.602. The van der Waals surface area contributed by atoms with Gasteiger partial charge >= 0.3 is 0 Å². The number of pyridine rings is 1. The number of nitrogens with one attached hydrogen (secondary N) is 1. The van der Waals surface area contributed by atoms with Gasteiger partial charge in [-0.25, -0.2) is 4.98 Å². The molecule has 1 amide bonds. The van der Waals surface area contributed by atoms with Gasteiger partial charge in [-0.05, 0) is 71.3 Å². The zero-order valence-electron chi connectivity index (χ0n) is 20.1. The molecule has 1 aliphatic heterocycles. The molecule has 1 fully saturated rings. The van der Waals surface area contributed by atoms with Gasteiger partial charge in [0.25, 0.3) is 5.91 Å². The number of rotatable bonds is 8. The van der Waals surface area contributed by atoms with E-state index in [0.29, 0.717) is 18.0 Å². The zero-order chi connectivity index (χ0) is 23.3. The van der Waals surface area contributed by atoms with Crippen LogP contribution in [0.25, 0.3) is 11.3 Å². The predicted molar refractivity (Wildman–Crippen MR) is 134 cm³/mol. The lowest BCUT2D eigenvalue weighted by atomic mass is 9.93. The van der Waals surface area contributed by atoms with Crippen LogP contribution in [-0.2, 0) is 4.74 Å². The summed E-state index contributed by atoms with van der Waals surface area (Å²) in [6.07, 6.45) is 3.70. The third-order valence-electron chi connectivity index (χ3n) is 5.78. The summed E-state index contributed by atoms with van der Waals surface area (Å²) in [5.74, 6) is 0.637. The Hall–Kier alpha value is -2.09. The highest BCUT2D eigenvalue weighted by atomic mass is 32.2. The molecular formula is C25H36N4O2S. The fraction of sp³-hybridized carbons (Fsp3) is 0.520. The third-order valence-corrected chi connectivity index (χ3v) is 6.53. The van der Waals surface area contributed by atoms with Crippen molar-refractivity contribution < 1.29 is 9.53 Å². The SMILES string of the molecule is CSc1ccc(-c2ccc(C(=O)N[C@@H]3CCOC(C)(C)C3)c(N(C)CCN(C)C)n2)cc1. The number of anilines is 1. The van der Waals surface area contributed by atoms with Crippen LogP contribution >= 0.6 is 11.8 Å². The summed E-state index contributed by atoms with van der Waals surface area (Å²) in [5.41, 5.74) is 2.31. The van der Waals surface area contributed by atoms with Crippen molar-refractivity contribution in [1.29, 1.82) is 0 Å². The first-order valence-corrected chi connectivity index (χ1v) is 12.4. The second-order valence-electron chi connectivity index (χ2n) is 9.29. The first-order valence-electron chi connectivity index (χ1n) is 11.1. The summed E-state index contributed by atoms with van der Waals surface area (Å²) in [6, 6.07) is 12.3. The van der Waals surface area contributed by atoms with E-state index >= 15 is 0 Å². The van der Waals surface area contributed by atoms with Gasteiger partial charge < -0.3 is 19.9 Å². The number of aromatic nitrogens is 1. The number of ether oxygens (including phenoxy) is 1. The maximum absolute atomic E-state index is 13.3. The van der Waals surface area contributed by atoms with Crippen LogP contribution in [0.3, 0.4) is 0 Å². The summed E-state index contributed by atoms with van der Waals surface area (Å²) in [5, 5.41) is 3.23. The fourth-order valence-electron chi connectivity index (χ4n) is 3.91. The average molecular weight is 457 g/mol. The summed E-state index contributed by atoms with van der Waals surface area (Å²) in [4.78, 5) is 23.6. The van der Waals surface area contributed by atoms with Crippen LogP contribution in [0.15, 0.2) is 41.3 Å². The molecule has 1 aromatic carbocycles. The highest BCUT2D eigenvalue weighted by Gasteiger charge is 2.30. The fourth-order valence-corrected chi connectivity index (χ4v) is 4.32. The van der Waals surface area contributed by atoms with Gasteiger partial charge in [-0.2, -0.15) is 0 Å². The second-order valence-corrected chi connectivity index (χ2v) is 10.2. The number of thioether (sulfide) groups is 1. The molecule has 1 saturated heterocycles. The van der Waals surface area contributed by atoms with Gasteiger partial charge in [-0.1, -0.05) is 12.1 Å². The molecule has 1 aromatic heterocycles. The molecule has 1 aliphatic rings. The molecule has 3 rings (SSSR count). The molecule has 1 atom stereocenters. The molecule has 2 heterocycles. The molecule has 0 saturated carbocycles. The zero-order valence-corrected chi connectivity index (χ0v) is 21.0. The highest BCUT2D eigenvalue weighted by Crippen LogP contribution is 2.28. The van der Waals surface area contributed by atoms with Crippen molar-refractivity contribution in [3.63, 3.8) is 0 Å². The summed E-state index contributed by atoms with van der Waals surface area (Å²) < 4.78 is 5.80. The van der Waals surface area contributed by atoms with Gasteiger partial charge in [-0.15, -0.1) is 11.8 Å². The average Bonchev–Trinajstić information content (AvgIpc) is 2.76. The Kier molecular flexibility index (Phi) is 8.20. The maximum Gasteiger partial charge on any atom is 0.255 e. The van der Waals surface area contributed by atoms with E-state index in [9.17, 15) is 4.79 Å². The molecule has 7 heteroatoms. The normalized spacial score (nSPS) is 17.9. The predicted octanol–water partition coefficient (Wildman–Crippen LogP) is 4.16. The molecule has 0 unspecified atom stereocenters. The Morgan fingerprint density at radius 3 is 2.50 bits per heavy atom. The van der Waals surface area contributed by atoms with Crippen LogP contribution in [0.5, 0.6) is 0 Å². The second kappa shape index (κ2) is 10.7. The molecule has 1 N–H and O–H groups in total. The van der Waals surface area contributed by atoms with Crippen LogP contribution in [0.2, 0.25) is 0 Å². The van der Waals surface area contributed by atoms with Crippen LogP contribution < -0.4 is 10.2 Å². The third kappa shape index (κ3) is 6.47. The number of carbonyl (C=O) groups excluding carboxylic acids is 1.